The summed E-state index contributed by atoms with van der Waals surface area (Å²) >= 11 is 0. The zero-order valence-electron chi connectivity index (χ0n) is 11.2. The van der Waals surface area contributed by atoms with Crippen LogP contribution in [0.2, 0.25) is 0 Å². The van der Waals surface area contributed by atoms with Crippen LogP contribution in [0.4, 0.5) is 13.2 Å². The molecular formula is C12H19F3N2O3. The molecule has 2 saturated heterocycles. The maximum Gasteiger partial charge on any atom is 0.404 e. The lowest BCUT2D eigenvalue weighted by Gasteiger charge is -2.42. The lowest BCUT2D eigenvalue weighted by molar-refractivity contribution is -0.226. The van der Waals surface area contributed by atoms with Crippen LogP contribution in [-0.4, -0.2) is 67.1 Å². The van der Waals surface area contributed by atoms with Gasteiger partial charge in [0.1, 0.15) is 0 Å². The van der Waals surface area contributed by atoms with Gasteiger partial charge in [0.05, 0.1) is 25.4 Å². The van der Waals surface area contributed by atoms with Gasteiger partial charge in [-0.3, -0.25) is 4.79 Å². The molecule has 8 heteroatoms. The van der Waals surface area contributed by atoms with E-state index >= 15 is 0 Å². The summed E-state index contributed by atoms with van der Waals surface area (Å²) in [5.74, 6) is -0.913. The van der Waals surface area contributed by atoms with Crippen LogP contribution in [0.1, 0.15) is 13.3 Å². The second-order valence-electron chi connectivity index (χ2n) is 5.45. The average molecular weight is 296 g/mol. The van der Waals surface area contributed by atoms with Crippen molar-refractivity contribution in [3.05, 3.63) is 0 Å². The van der Waals surface area contributed by atoms with E-state index in [4.69, 9.17) is 9.84 Å². The van der Waals surface area contributed by atoms with Crippen molar-refractivity contribution >= 4 is 5.91 Å². The van der Waals surface area contributed by atoms with Crippen LogP contribution in [-0.2, 0) is 9.53 Å². The maximum absolute atomic E-state index is 13.4. The molecule has 0 aromatic heterocycles. The van der Waals surface area contributed by atoms with Gasteiger partial charge in [-0.05, 0) is 19.9 Å². The standard InChI is InChI=1S/C12H19F3N2O3/c1-8-6-20-9(5-18)4-17(8)10(19)11(12(13,14)15)2-3-16-7-11/h8-9,16,18H,2-7H2,1H3. The van der Waals surface area contributed by atoms with Crippen molar-refractivity contribution < 1.29 is 27.8 Å². The normalized spacial score (nSPS) is 35.4. The number of alkyl halides is 3. The number of halogens is 3. The second-order valence-corrected chi connectivity index (χ2v) is 5.45. The Labute approximate surface area is 115 Å². The fourth-order valence-corrected chi connectivity index (χ4v) is 2.72. The maximum atomic E-state index is 13.4. The fraction of sp³-hybridized carbons (Fsp3) is 0.917. The average Bonchev–Trinajstić information content (AvgIpc) is 2.88. The number of aliphatic hydroxyl groups excluding tert-OH is 1. The summed E-state index contributed by atoms with van der Waals surface area (Å²) in [6.07, 6.45) is -5.45. The molecule has 2 N–H and O–H groups in total. The van der Waals surface area contributed by atoms with Crippen LogP contribution in [0, 0.1) is 5.41 Å². The largest absolute Gasteiger partial charge is 0.404 e. The molecule has 2 aliphatic heterocycles. The number of carbonyl (C=O) groups excluding carboxylic acids is 1. The summed E-state index contributed by atoms with van der Waals surface area (Å²) < 4.78 is 45.3. The third-order valence-corrected chi connectivity index (χ3v) is 4.08. The highest BCUT2D eigenvalue weighted by atomic mass is 19.4. The van der Waals surface area contributed by atoms with E-state index in [-0.39, 0.29) is 39.3 Å². The van der Waals surface area contributed by atoms with E-state index in [1.54, 1.807) is 6.92 Å². The number of amides is 1. The monoisotopic (exact) mass is 296 g/mol. The van der Waals surface area contributed by atoms with Crippen molar-refractivity contribution in [3.63, 3.8) is 0 Å². The minimum atomic E-state index is -4.58. The lowest BCUT2D eigenvalue weighted by Crippen LogP contribution is -2.60. The number of aliphatic hydroxyl groups is 1. The van der Waals surface area contributed by atoms with Crippen LogP contribution in [0.25, 0.3) is 0 Å². The molecule has 5 nitrogen and oxygen atoms in total. The van der Waals surface area contributed by atoms with Crippen molar-refractivity contribution in [2.75, 3.05) is 32.8 Å². The van der Waals surface area contributed by atoms with Gasteiger partial charge in [-0.1, -0.05) is 0 Å². The Morgan fingerprint density at radius 1 is 1.55 bits per heavy atom. The van der Waals surface area contributed by atoms with Gasteiger partial charge in [-0.15, -0.1) is 0 Å². The molecule has 3 unspecified atom stereocenters. The van der Waals surface area contributed by atoms with Crippen molar-refractivity contribution in [2.24, 2.45) is 5.41 Å². The first kappa shape index (κ1) is 15.5. The summed E-state index contributed by atoms with van der Waals surface area (Å²) in [5, 5.41) is 11.7. The van der Waals surface area contributed by atoms with Gasteiger partial charge >= 0.3 is 6.18 Å². The van der Waals surface area contributed by atoms with E-state index in [9.17, 15) is 18.0 Å². The summed E-state index contributed by atoms with van der Waals surface area (Å²) in [6, 6.07) is -0.426. The molecule has 3 atom stereocenters. The Balaban J connectivity index is 2.23. The minimum absolute atomic E-state index is 0.00562. The van der Waals surface area contributed by atoms with E-state index in [0.29, 0.717) is 0 Å². The number of carbonyl (C=O) groups is 1. The number of hydrogen-bond acceptors (Lipinski definition) is 4. The molecule has 0 radical (unpaired) electrons. The zero-order valence-corrected chi connectivity index (χ0v) is 11.2. The highest BCUT2D eigenvalue weighted by Crippen LogP contribution is 2.45. The van der Waals surface area contributed by atoms with Gasteiger partial charge in [0.15, 0.2) is 5.41 Å². The molecule has 2 fully saturated rings. The van der Waals surface area contributed by atoms with E-state index < -0.39 is 29.6 Å². The minimum Gasteiger partial charge on any atom is -0.394 e. The Hall–Kier alpha value is -0.860. The first-order valence-electron chi connectivity index (χ1n) is 6.63. The van der Waals surface area contributed by atoms with Crippen molar-refractivity contribution in [2.45, 2.75) is 31.7 Å². The van der Waals surface area contributed by atoms with Crippen molar-refractivity contribution in [3.8, 4) is 0 Å². The number of ether oxygens (including phenoxy) is 1. The lowest BCUT2D eigenvalue weighted by atomic mass is 9.84. The van der Waals surface area contributed by atoms with Gasteiger partial charge in [0.2, 0.25) is 5.91 Å². The van der Waals surface area contributed by atoms with Gasteiger partial charge < -0.3 is 20.1 Å². The van der Waals surface area contributed by atoms with E-state index in [1.165, 1.54) is 4.90 Å². The SMILES string of the molecule is CC1COC(CO)CN1C(=O)C1(C(F)(F)F)CCNC1. The van der Waals surface area contributed by atoms with Crippen LogP contribution < -0.4 is 5.32 Å². The Kier molecular flexibility index (Phi) is 4.27. The smallest absolute Gasteiger partial charge is 0.394 e. The Morgan fingerprint density at radius 3 is 2.75 bits per heavy atom. The van der Waals surface area contributed by atoms with Crippen molar-refractivity contribution in [1.82, 2.24) is 10.2 Å². The van der Waals surface area contributed by atoms with Crippen molar-refractivity contribution in [1.29, 1.82) is 0 Å². The van der Waals surface area contributed by atoms with Gasteiger partial charge in [0.25, 0.3) is 0 Å². The number of nitrogens with zero attached hydrogens (tertiary/aromatic N) is 1. The highest BCUT2D eigenvalue weighted by Gasteiger charge is 2.63. The molecule has 0 aromatic rings. The molecule has 2 heterocycles. The number of nitrogens with one attached hydrogen (secondary N) is 1. The molecule has 2 rings (SSSR count). The highest BCUT2D eigenvalue weighted by molar-refractivity contribution is 5.84. The predicted octanol–water partition coefficient (Wildman–Crippen LogP) is 0.137. The number of morpholine rings is 1. The molecule has 20 heavy (non-hydrogen) atoms. The van der Waals surface area contributed by atoms with Gasteiger partial charge in [0, 0.05) is 13.1 Å². The molecule has 0 aromatic carbocycles. The first-order valence-corrected chi connectivity index (χ1v) is 6.63. The summed E-state index contributed by atoms with van der Waals surface area (Å²) in [6.45, 7) is 1.26. The van der Waals surface area contributed by atoms with Crippen LogP contribution in [0.5, 0.6) is 0 Å². The number of rotatable bonds is 2. The first-order chi connectivity index (χ1) is 9.32. The topological polar surface area (TPSA) is 61.8 Å². The molecule has 0 saturated carbocycles. The quantitative estimate of drug-likeness (QED) is 0.761. The molecule has 0 bridgehead atoms. The second kappa shape index (κ2) is 5.50. The molecule has 0 aliphatic carbocycles. The molecular weight excluding hydrogens is 277 g/mol. The van der Waals surface area contributed by atoms with Crippen LogP contribution >= 0.6 is 0 Å². The number of hydrogen-bond donors (Lipinski definition) is 2. The molecule has 1 amide bonds. The van der Waals surface area contributed by atoms with E-state index in [2.05, 4.69) is 5.32 Å². The summed E-state index contributed by atoms with van der Waals surface area (Å²) in [7, 11) is 0. The molecule has 116 valence electrons. The van der Waals surface area contributed by atoms with E-state index in [1.807, 2.05) is 0 Å². The zero-order chi connectivity index (χ0) is 15.0. The fourth-order valence-electron chi connectivity index (χ4n) is 2.72. The van der Waals surface area contributed by atoms with E-state index in [0.717, 1.165) is 0 Å². The predicted molar refractivity (Wildman–Crippen MR) is 64.0 cm³/mol. The van der Waals surface area contributed by atoms with Crippen LogP contribution in [0.3, 0.4) is 0 Å². The summed E-state index contributed by atoms with van der Waals surface area (Å²) in [5.41, 5.74) is -2.35. The molecule has 2 aliphatic rings. The van der Waals surface area contributed by atoms with Gasteiger partial charge in [-0.25, -0.2) is 0 Å². The Bertz CT molecular complexity index is 369. The van der Waals surface area contributed by atoms with Crippen LogP contribution in [0.15, 0.2) is 0 Å². The third kappa shape index (κ3) is 2.51. The third-order valence-electron chi connectivity index (χ3n) is 4.08. The van der Waals surface area contributed by atoms with Gasteiger partial charge in [-0.2, -0.15) is 13.2 Å². The Morgan fingerprint density at radius 2 is 2.25 bits per heavy atom. The molecule has 0 spiro atoms. The summed E-state index contributed by atoms with van der Waals surface area (Å²) in [4.78, 5) is 13.7.